The number of nitrogens with one attached hydrogen (secondary N) is 1. The first-order valence-electron chi connectivity index (χ1n) is 8.38. The highest BCUT2D eigenvalue weighted by Gasteiger charge is 2.51. The molecule has 26 heavy (non-hydrogen) atoms. The van der Waals surface area contributed by atoms with Crippen molar-refractivity contribution >= 4 is 13.5 Å². The standard InChI is InChI=1S/C16H27N2O7P/c1-9(2)24-14-13(10(3)8-26(20,21)22)25-16(15(14)23-5)18-7-6-12(19)17-11(18)4/h6-7,9-10,13-16H,4,8H2,1-3,5H3,(H,17,19)(H2,20,21,22)/t10?,13-,14+,15?,16-/m1/s1. The van der Waals surface area contributed by atoms with Crippen molar-refractivity contribution in [3.05, 3.63) is 24.7 Å². The lowest BCUT2D eigenvalue weighted by molar-refractivity contribution is -0.119. The topological polar surface area (TPSA) is 118 Å². The number of rotatable bonds is 7. The van der Waals surface area contributed by atoms with E-state index in [1.165, 1.54) is 13.2 Å². The highest BCUT2D eigenvalue weighted by molar-refractivity contribution is 7.51. The van der Waals surface area contributed by atoms with Crippen LogP contribution in [0.15, 0.2) is 24.7 Å². The molecule has 1 saturated heterocycles. The van der Waals surface area contributed by atoms with E-state index in [0.717, 1.165) is 0 Å². The third kappa shape index (κ3) is 4.94. The SMILES string of the molecule is C=C1NC(=O)C=CN1[C@@H]1O[C@H](C(C)CP(=O)(O)O)[C@H](OC(C)C)C1OC. The molecule has 9 nitrogen and oxygen atoms in total. The van der Waals surface area contributed by atoms with E-state index >= 15 is 0 Å². The van der Waals surface area contributed by atoms with Gasteiger partial charge in [0.1, 0.15) is 18.0 Å². The lowest BCUT2D eigenvalue weighted by Gasteiger charge is -2.34. The van der Waals surface area contributed by atoms with E-state index in [4.69, 9.17) is 14.2 Å². The summed E-state index contributed by atoms with van der Waals surface area (Å²) in [6.45, 7) is 9.25. The van der Waals surface area contributed by atoms with Crippen molar-refractivity contribution < 1.29 is 33.4 Å². The Labute approximate surface area is 153 Å². The maximum absolute atomic E-state index is 11.5. The fourth-order valence-electron chi connectivity index (χ4n) is 3.27. The van der Waals surface area contributed by atoms with E-state index in [0.29, 0.717) is 5.82 Å². The third-order valence-corrected chi connectivity index (χ3v) is 5.30. The molecular formula is C16H27N2O7P. The fourth-order valence-corrected chi connectivity index (χ4v) is 4.23. The van der Waals surface area contributed by atoms with Gasteiger partial charge in [-0.15, -0.1) is 0 Å². The molecule has 0 saturated carbocycles. The lowest BCUT2D eigenvalue weighted by Crippen LogP contribution is -2.48. The molecular weight excluding hydrogens is 363 g/mol. The molecule has 0 aromatic carbocycles. The molecule has 3 N–H and O–H groups in total. The van der Waals surface area contributed by atoms with Gasteiger partial charge in [0.15, 0.2) is 6.23 Å². The molecule has 0 aromatic heterocycles. The zero-order chi connectivity index (χ0) is 19.6. The van der Waals surface area contributed by atoms with Crippen molar-refractivity contribution in [2.45, 2.75) is 51.4 Å². The second-order valence-electron chi connectivity index (χ2n) is 6.82. The molecule has 2 rings (SSSR count). The van der Waals surface area contributed by atoms with Crippen molar-refractivity contribution in [3.63, 3.8) is 0 Å². The number of carbonyl (C=O) groups is 1. The van der Waals surface area contributed by atoms with E-state index < -0.39 is 38.1 Å². The molecule has 148 valence electrons. The quantitative estimate of drug-likeness (QED) is 0.545. The molecule has 10 heteroatoms. The highest BCUT2D eigenvalue weighted by Crippen LogP contribution is 2.42. The summed E-state index contributed by atoms with van der Waals surface area (Å²) in [6, 6.07) is 0. The van der Waals surface area contributed by atoms with Gasteiger partial charge in [-0.05, 0) is 19.8 Å². The largest absolute Gasteiger partial charge is 0.374 e. The Morgan fingerprint density at radius 2 is 2.04 bits per heavy atom. The molecule has 2 aliphatic heterocycles. The minimum absolute atomic E-state index is 0.135. The fraction of sp³-hybridized carbons (Fsp3) is 0.688. The van der Waals surface area contributed by atoms with Crippen molar-refractivity contribution in [3.8, 4) is 0 Å². The van der Waals surface area contributed by atoms with Crippen LogP contribution in [0.1, 0.15) is 20.8 Å². The number of ether oxygens (including phenoxy) is 3. The monoisotopic (exact) mass is 390 g/mol. The number of carbonyl (C=O) groups excluding carboxylic acids is 1. The maximum Gasteiger partial charge on any atom is 0.325 e. The van der Waals surface area contributed by atoms with E-state index in [1.807, 2.05) is 13.8 Å². The van der Waals surface area contributed by atoms with Crippen molar-refractivity contribution in [1.82, 2.24) is 10.2 Å². The smallest absolute Gasteiger partial charge is 0.325 e. The summed E-state index contributed by atoms with van der Waals surface area (Å²) >= 11 is 0. The normalized spacial score (nSPS) is 30.8. The molecule has 0 bridgehead atoms. The van der Waals surface area contributed by atoms with Gasteiger partial charge in [0.05, 0.1) is 18.4 Å². The molecule has 2 unspecified atom stereocenters. The van der Waals surface area contributed by atoms with Gasteiger partial charge in [0, 0.05) is 19.4 Å². The third-order valence-electron chi connectivity index (χ3n) is 4.25. The van der Waals surface area contributed by atoms with Crippen LogP contribution in [0.4, 0.5) is 0 Å². The molecule has 1 amide bonds. The van der Waals surface area contributed by atoms with Gasteiger partial charge in [0.25, 0.3) is 5.91 Å². The van der Waals surface area contributed by atoms with E-state index in [2.05, 4.69) is 11.9 Å². The van der Waals surface area contributed by atoms with Gasteiger partial charge in [0.2, 0.25) is 0 Å². The average molecular weight is 390 g/mol. The summed E-state index contributed by atoms with van der Waals surface area (Å²) in [4.78, 5) is 31.7. The highest BCUT2D eigenvalue weighted by atomic mass is 31.2. The number of methoxy groups -OCH3 is 1. The minimum atomic E-state index is -4.21. The zero-order valence-electron chi connectivity index (χ0n) is 15.4. The van der Waals surface area contributed by atoms with Crippen molar-refractivity contribution in [2.24, 2.45) is 5.92 Å². The van der Waals surface area contributed by atoms with Crippen LogP contribution < -0.4 is 5.32 Å². The second kappa shape index (κ2) is 8.21. The van der Waals surface area contributed by atoms with Crippen LogP contribution in [-0.2, 0) is 23.6 Å². The Hall–Kier alpha value is -1.22. The van der Waals surface area contributed by atoms with Crippen molar-refractivity contribution in [1.29, 1.82) is 0 Å². The molecule has 0 aliphatic carbocycles. The Morgan fingerprint density at radius 1 is 1.38 bits per heavy atom. The van der Waals surface area contributed by atoms with Crippen LogP contribution in [0.3, 0.4) is 0 Å². The summed E-state index contributed by atoms with van der Waals surface area (Å²) in [5.41, 5.74) is 0. The molecule has 2 heterocycles. The van der Waals surface area contributed by atoms with Crippen LogP contribution in [0.25, 0.3) is 0 Å². The van der Waals surface area contributed by atoms with Crippen molar-refractivity contribution in [2.75, 3.05) is 13.3 Å². The van der Waals surface area contributed by atoms with Gasteiger partial charge in [-0.1, -0.05) is 13.5 Å². The summed E-state index contributed by atoms with van der Waals surface area (Å²) in [7, 11) is -2.70. The van der Waals surface area contributed by atoms with Crippen LogP contribution in [0, 0.1) is 5.92 Å². The molecule has 5 atom stereocenters. The lowest BCUT2D eigenvalue weighted by atomic mass is 9.99. The zero-order valence-corrected chi connectivity index (χ0v) is 16.3. The predicted molar refractivity (Wildman–Crippen MR) is 93.8 cm³/mol. The summed E-state index contributed by atoms with van der Waals surface area (Å²) in [5, 5.41) is 2.59. The van der Waals surface area contributed by atoms with E-state index in [9.17, 15) is 19.1 Å². The predicted octanol–water partition coefficient (Wildman–Crippen LogP) is 0.750. The minimum Gasteiger partial charge on any atom is -0.374 e. The maximum atomic E-state index is 11.5. The Balaban J connectivity index is 2.30. The summed E-state index contributed by atoms with van der Waals surface area (Å²) in [6.07, 6.45) is 0.0892. The number of amides is 1. The molecule has 2 aliphatic rings. The van der Waals surface area contributed by atoms with Gasteiger partial charge in [-0.3, -0.25) is 9.36 Å². The molecule has 0 spiro atoms. The van der Waals surface area contributed by atoms with Crippen LogP contribution in [0.2, 0.25) is 0 Å². The van der Waals surface area contributed by atoms with Gasteiger partial charge in [-0.25, -0.2) is 0 Å². The molecule has 0 aromatic rings. The van der Waals surface area contributed by atoms with Gasteiger partial charge in [-0.2, -0.15) is 0 Å². The number of hydrogen-bond acceptors (Lipinski definition) is 6. The Morgan fingerprint density at radius 3 is 2.54 bits per heavy atom. The Bertz CT molecular complexity index is 618. The van der Waals surface area contributed by atoms with E-state index in [1.54, 1.807) is 18.0 Å². The van der Waals surface area contributed by atoms with E-state index in [-0.39, 0.29) is 18.2 Å². The van der Waals surface area contributed by atoms with Gasteiger partial charge >= 0.3 is 7.60 Å². The first-order chi connectivity index (χ1) is 12.0. The average Bonchev–Trinajstić information content (AvgIpc) is 2.83. The van der Waals surface area contributed by atoms with Crippen LogP contribution >= 0.6 is 7.60 Å². The molecule has 1 fully saturated rings. The second-order valence-corrected chi connectivity index (χ2v) is 8.52. The summed E-state index contributed by atoms with van der Waals surface area (Å²) < 4.78 is 29.1. The summed E-state index contributed by atoms with van der Waals surface area (Å²) in [5.74, 6) is -0.436. The Kier molecular flexibility index (Phi) is 6.65. The van der Waals surface area contributed by atoms with Crippen LogP contribution in [0.5, 0.6) is 0 Å². The van der Waals surface area contributed by atoms with Gasteiger partial charge < -0.3 is 34.2 Å². The molecule has 0 radical (unpaired) electrons. The van der Waals surface area contributed by atoms with Crippen LogP contribution in [-0.4, -0.2) is 64.5 Å². The first-order valence-corrected chi connectivity index (χ1v) is 10.2. The number of hydrogen-bond donors (Lipinski definition) is 3. The first kappa shape index (κ1) is 21.1. The number of nitrogens with zero attached hydrogens (tertiary/aromatic N) is 1.